The number of aromatic amines is 1. The average Bonchev–Trinajstić information content (AvgIpc) is 2.98. The molecular formula is C18H21N5O3S. The van der Waals surface area contributed by atoms with E-state index >= 15 is 0 Å². The van der Waals surface area contributed by atoms with Gasteiger partial charge in [0, 0.05) is 25.4 Å². The van der Waals surface area contributed by atoms with E-state index in [1.807, 2.05) is 20.2 Å². The average molecular weight is 387 g/mol. The molecule has 3 aromatic rings. The number of ether oxygens (including phenoxy) is 1. The number of methoxy groups -OCH3 is 1. The monoisotopic (exact) mass is 387 g/mol. The van der Waals surface area contributed by atoms with Crippen molar-refractivity contribution in [2.24, 2.45) is 7.05 Å². The smallest absolute Gasteiger partial charge is 0.338 e. The van der Waals surface area contributed by atoms with E-state index < -0.39 is 11.5 Å². The zero-order valence-electron chi connectivity index (χ0n) is 15.7. The highest BCUT2D eigenvalue weighted by atomic mass is 32.1. The van der Waals surface area contributed by atoms with E-state index in [2.05, 4.69) is 22.0 Å². The van der Waals surface area contributed by atoms with Gasteiger partial charge in [-0.05, 0) is 31.6 Å². The Morgan fingerprint density at radius 3 is 2.74 bits per heavy atom. The molecule has 9 heteroatoms. The Kier molecular flexibility index (Phi) is 5.22. The number of nitrogens with one attached hydrogen (secondary N) is 1. The number of fused-ring (bicyclic) bond motifs is 1. The highest BCUT2D eigenvalue weighted by Gasteiger charge is 2.21. The van der Waals surface area contributed by atoms with Crippen molar-refractivity contribution in [1.29, 1.82) is 0 Å². The molecule has 1 N–H and O–H groups in total. The molecule has 3 heterocycles. The van der Waals surface area contributed by atoms with Crippen LogP contribution < -0.4 is 5.56 Å². The summed E-state index contributed by atoms with van der Waals surface area (Å²) < 4.78 is 8.62. The topological polar surface area (TPSA) is 94.8 Å². The number of aryl methyl sites for hydroxylation is 3. The fourth-order valence-corrected chi connectivity index (χ4v) is 3.33. The van der Waals surface area contributed by atoms with Gasteiger partial charge in [0.1, 0.15) is 5.65 Å². The molecule has 0 saturated heterocycles. The van der Waals surface area contributed by atoms with Crippen molar-refractivity contribution in [2.45, 2.75) is 33.2 Å². The summed E-state index contributed by atoms with van der Waals surface area (Å²) in [5.41, 5.74) is 2.16. The van der Waals surface area contributed by atoms with Gasteiger partial charge in [-0.2, -0.15) is 5.10 Å². The Hall–Kier alpha value is -2.81. The summed E-state index contributed by atoms with van der Waals surface area (Å²) in [5, 5.41) is 4.51. The van der Waals surface area contributed by atoms with E-state index in [9.17, 15) is 9.59 Å². The number of carbonyl (C=O) groups is 1. The lowest BCUT2D eigenvalue weighted by Gasteiger charge is -2.13. The van der Waals surface area contributed by atoms with Crippen LogP contribution in [0.15, 0.2) is 17.1 Å². The van der Waals surface area contributed by atoms with Crippen LogP contribution in [0.4, 0.5) is 0 Å². The van der Waals surface area contributed by atoms with Gasteiger partial charge in [0.05, 0.1) is 29.4 Å². The van der Waals surface area contributed by atoms with E-state index in [0.29, 0.717) is 17.9 Å². The molecule has 0 unspecified atom stereocenters. The van der Waals surface area contributed by atoms with Gasteiger partial charge in [0.25, 0.3) is 5.56 Å². The Balaban J connectivity index is 2.43. The molecule has 0 saturated carbocycles. The highest BCUT2D eigenvalue weighted by molar-refractivity contribution is 7.71. The number of pyridine rings is 1. The van der Waals surface area contributed by atoms with Gasteiger partial charge >= 0.3 is 5.97 Å². The molecule has 0 aliphatic heterocycles. The number of hydrogen-bond acceptors (Lipinski definition) is 6. The van der Waals surface area contributed by atoms with E-state index in [4.69, 9.17) is 17.0 Å². The van der Waals surface area contributed by atoms with Crippen molar-refractivity contribution < 1.29 is 9.53 Å². The van der Waals surface area contributed by atoms with Gasteiger partial charge in [-0.25, -0.2) is 9.78 Å². The summed E-state index contributed by atoms with van der Waals surface area (Å²) in [4.78, 5) is 32.3. The number of esters is 1. The number of nitrogens with zero attached hydrogens (tertiary/aromatic N) is 4. The summed E-state index contributed by atoms with van der Waals surface area (Å²) in [6.45, 7) is 4.52. The molecule has 0 aliphatic rings. The molecule has 3 rings (SSSR count). The first-order valence-electron chi connectivity index (χ1n) is 8.64. The van der Waals surface area contributed by atoms with E-state index in [0.717, 1.165) is 24.1 Å². The summed E-state index contributed by atoms with van der Waals surface area (Å²) in [5.74, 6) is -0.602. The lowest BCUT2D eigenvalue weighted by molar-refractivity contribution is 0.0603. The first-order chi connectivity index (χ1) is 12.9. The maximum absolute atomic E-state index is 12.6. The summed E-state index contributed by atoms with van der Waals surface area (Å²) in [6.07, 6.45) is 3.64. The zero-order chi connectivity index (χ0) is 19.7. The molecular weight excluding hydrogens is 366 g/mol. The largest absolute Gasteiger partial charge is 0.465 e. The summed E-state index contributed by atoms with van der Waals surface area (Å²) in [7, 11) is 3.09. The maximum Gasteiger partial charge on any atom is 0.338 e. The van der Waals surface area contributed by atoms with Crippen molar-refractivity contribution in [3.8, 4) is 11.3 Å². The molecule has 0 fully saturated rings. The molecule has 0 radical (unpaired) electrons. The minimum atomic E-state index is -0.602. The van der Waals surface area contributed by atoms with Crippen LogP contribution in [0.2, 0.25) is 0 Å². The number of H-pyrrole nitrogens is 1. The van der Waals surface area contributed by atoms with Gasteiger partial charge in [0.2, 0.25) is 0 Å². The number of aromatic nitrogens is 5. The van der Waals surface area contributed by atoms with E-state index in [1.165, 1.54) is 7.11 Å². The van der Waals surface area contributed by atoms with Gasteiger partial charge in [-0.1, -0.05) is 13.3 Å². The summed E-state index contributed by atoms with van der Waals surface area (Å²) >= 11 is 5.34. The lowest BCUT2D eigenvalue weighted by atomic mass is 10.1. The molecule has 0 amide bonds. The van der Waals surface area contributed by atoms with Crippen LogP contribution in [-0.4, -0.2) is 37.4 Å². The van der Waals surface area contributed by atoms with Crippen molar-refractivity contribution >= 4 is 29.2 Å². The maximum atomic E-state index is 12.6. The summed E-state index contributed by atoms with van der Waals surface area (Å²) in [6, 6.07) is 1.57. The third-order valence-corrected chi connectivity index (χ3v) is 4.70. The molecule has 3 aromatic heterocycles. The second kappa shape index (κ2) is 7.43. The molecule has 0 spiro atoms. The fourth-order valence-electron chi connectivity index (χ4n) is 3.06. The first-order valence-corrected chi connectivity index (χ1v) is 9.05. The van der Waals surface area contributed by atoms with Crippen LogP contribution in [0.5, 0.6) is 0 Å². The second-order valence-electron chi connectivity index (χ2n) is 6.31. The Morgan fingerprint density at radius 2 is 2.15 bits per heavy atom. The molecule has 8 nitrogen and oxygen atoms in total. The molecule has 0 aliphatic carbocycles. The molecule has 0 atom stereocenters. The number of carbonyl (C=O) groups excluding carboxylic acids is 1. The predicted octanol–water partition coefficient (Wildman–Crippen LogP) is 2.75. The minimum Gasteiger partial charge on any atom is -0.465 e. The molecule has 27 heavy (non-hydrogen) atoms. The van der Waals surface area contributed by atoms with Gasteiger partial charge < -0.3 is 9.30 Å². The first kappa shape index (κ1) is 19.0. The van der Waals surface area contributed by atoms with E-state index in [1.54, 1.807) is 15.3 Å². The molecule has 142 valence electrons. The van der Waals surface area contributed by atoms with Crippen molar-refractivity contribution in [3.63, 3.8) is 0 Å². The number of unbranched alkanes of at least 4 members (excludes halogenated alkanes) is 1. The number of hydrogen-bond donors (Lipinski definition) is 1. The van der Waals surface area contributed by atoms with Gasteiger partial charge in [-0.15, -0.1) is 0 Å². The Bertz CT molecular complexity index is 1140. The second-order valence-corrected chi connectivity index (χ2v) is 6.70. The number of rotatable bonds is 5. The molecule has 0 bridgehead atoms. The highest BCUT2D eigenvalue weighted by Crippen LogP contribution is 2.26. The van der Waals surface area contributed by atoms with Crippen molar-refractivity contribution in [1.82, 2.24) is 24.3 Å². The van der Waals surface area contributed by atoms with Crippen LogP contribution >= 0.6 is 12.2 Å². The van der Waals surface area contributed by atoms with Gasteiger partial charge in [0.15, 0.2) is 4.77 Å². The molecule has 0 aromatic carbocycles. The third-order valence-electron chi connectivity index (χ3n) is 4.38. The zero-order valence-corrected chi connectivity index (χ0v) is 16.5. The van der Waals surface area contributed by atoms with Crippen LogP contribution in [0, 0.1) is 11.7 Å². The predicted molar refractivity (Wildman–Crippen MR) is 104 cm³/mol. The standard InChI is InChI=1S/C18H21N5O3S/c1-5-6-7-23-15-14(16(24)20-18(23)27)11(17(25)26-4)8-13(19-15)12-9-22(3)21-10(12)2/h8-9H,5-7H2,1-4H3,(H,20,24,27). The SMILES string of the molecule is CCCCn1c(=S)[nH]c(=O)c2c(C(=O)OC)cc(-c3cn(C)nc3C)nc21. The van der Waals surface area contributed by atoms with Crippen LogP contribution in [0.1, 0.15) is 35.8 Å². The van der Waals surface area contributed by atoms with Crippen LogP contribution in [-0.2, 0) is 18.3 Å². The normalized spacial score (nSPS) is 11.1. The van der Waals surface area contributed by atoms with Crippen molar-refractivity contribution in [2.75, 3.05) is 7.11 Å². The quantitative estimate of drug-likeness (QED) is 0.534. The Labute approximate surface area is 160 Å². The minimum absolute atomic E-state index is 0.155. The Morgan fingerprint density at radius 1 is 1.41 bits per heavy atom. The van der Waals surface area contributed by atoms with E-state index in [-0.39, 0.29) is 15.7 Å². The third kappa shape index (κ3) is 3.42. The van der Waals surface area contributed by atoms with Crippen molar-refractivity contribution in [3.05, 3.63) is 38.6 Å². The van der Waals surface area contributed by atoms with Gasteiger partial charge in [-0.3, -0.25) is 14.5 Å². The van der Waals surface area contributed by atoms with Crippen LogP contribution in [0.25, 0.3) is 22.3 Å². The lowest BCUT2D eigenvalue weighted by Crippen LogP contribution is -2.19. The fraction of sp³-hybridized carbons (Fsp3) is 0.389. The van der Waals surface area contributed by atoms with Crippen LogP contribution in [0.3, 0.4) is 0 Å².